The zero-order valence-corrected chi connectivity index (χ0v) is 17.7. The van der Waals surface area contributed by atoms with Crippen LogP contribution in [0.4, 0.5) is 0 Å². The third-order valence-corrected chi connectivity index (χ3v) is 6.80. The lowest BCUT2D eigenvalue weighted by Gasteiger charge is -2.13. The average molecular weight is 451 g/mol. The van der Waals surface area contributed by atoms with Crippen LogP contribution >= 0.6 is 11.6 Å². The zero-order valence-electron chi connectivity index (χ0n) is 16.9. The molecule has 0 N–H and O–H groups in total. The van der Waals surface area contributed by atoms with Crippen LogP contribution in [0.15, 0.2) is 53.7 Å². The fraction of sp³-hybridized carbons (Fsp3) is 0.292. The van der Waals surface area contributed by atoms with Crippen molar-refractivity contribution in [2.24, 2.45) is 28.8 Å². The number of rotatable bonds is 5. The maximum absolute atomic E-state index is 12.8. The Morgan fingerprint density at radius 2 is 1.78 bits per heavy atom. The number of fused-ring (bicyclic) bond motifs is 6. The van der Waals surface area contributed by atoms with E-state index in [-0.39, 0.29) is 42.3 Å². The topological polar surface area (TPSA) is 77.4 Å². The zero-order chi connectivity index (χ0) is 21.8. The van der Waals surface area contributed by atoms with Gasteiger partial charge in [0, 0.05) is 10.6 Å². The van der Waals surface area contributed by atoms with Crippen molar-refractivity contribution in [1.29, 1.82) is 0 Å². The van der Waals surface area contributed by atoms with Gasteiger partial charge in [0.05, 0.1) is 18.1 Å². The number of amides is 2. The summed E-state index contributed by atoms with van der Waals surface area (Å²) >= 11 is 6.17. The van der Waals surface area contributed by atoms with E-state index < -0.39 is 0 Å². The van der Waals surface area contributed by atoms with Crippen molar-refractivity contribution in [1.82, 2.24) is 5.01 Å². The minimum atomic E-state index is -0.282. The number of carbonyl (C=O) groups excluding carboxylic acids is 2. The molecule has 2 aromatic carbocycles. The lowest BCUT2D eigenvalue weighted by Crippen LogP contribution is -2.28. The van der Waals surface area contributed by atoms with Crippen molar-refractivity contribution in [2.45, 2.75) is 13.0 Å². The molecule has 0 radical (unpaired) electrons. The van der Waals surface area contributed by atoms with Gasteiger partial charge in [0.2, 0.25) is 6.79 Å². The summed E-state index contributed by atoms with van der Waals surface area (Å²) in [5, 5.41) is 5.76. The van der Waals surface area contributed by atoms with Crippen molar-refractivity contribution in [3.05, 3.63) is 64.7 Å². The van der Waals surface area contributed by atoms with Crippen LogP contribution < -0.4 is 14.2 Å². The maximum Gasteiger partial charge on any atom is 0.254 e. The molecule has 0 aromatic heterocycles. The van der Waals surface area contributed by atoms with E-state index in [1.807, 2.05) is 18.2 Å². The fourth-order valence-corrected chi connectivity index (χ4v) is 5.24. The van der Waals surface area contributed by atoms with Gasteiger partial charge in [-0.15, -0.1) is 0 Å². The van der Waals surface area contributed by atoms with E-state index in [4.69, 9.17) is 25.8 Å². The smallest absolute Gasteiger partial charge is 0.254 e. The lowest BCUT2D eigenvalue weighted by atomic mass is 9.85. The van der Waals surface area contributed by atoms with Crippen molar-refractivity contribution < 1.29 is 23.8 Å². The first-order chi connectivity index (χ1) is 15.6. The highest BCUT2D eigenvalue weighted by molar-refractivity contribution is 6.31. The second-order valence-corrected chi connectivity index (χ2v) is 8.83. The molecular weight excluding hydrogens is 432 g/mol. The van der Waals surface area contributed by atoms with E-state index in [0.29, 0.717) is 34.4 Å². The molecule has 0 spiro atoms. The number of ether oxygens (including phenoxy) is 3. The van der Waals surface area contributed by atoms with Crippen molar-refractivity contribution in [2.75, 3.05) is 6.79 Å². The van der Waals surface area contributed by atoms with Crippen LogP contribution in [0.25, 0.3) is 0 Å². The molecule has 2 amide bonds. The van der Waals surface area contributed by atoms with Crippen LogP contribution in [0.3, 0.4) is 0 Å². The quantitative estimate of drug-likeness (QED) is 0.393. The molecule has 2 aromatic rings. The first-order valence-corrected chi connectivity index (χ1v) is 10.9. The molecule has 2 aliphatic carbocycles. The minimum Gasteiger partial charge on any atom is -0.488 e. The molecule has 7 nitrogen and oxygen atoms in total. The van der Waals surface area contributed by atoms with Crippen LogP contribution in [0.1, 0.15) is 17.5 Å². The normalized spacial score (nSPS) is 27.1. The second-order valence-electron chi connectivity index (χ2n) is 8.39. The molecule has 2 aliphatic heterocycles. The minimum absolute atomic E-state index is 0.147. The molecular formula is C24H19ClN2O5. The van der Waals surface area contributed by atoms with Crippen LogP contribution in [-0.2, 0) is 16.2 Å². The Labute approximate surface area is 189 Å². The highest BCUT2D eigenvalue weighted by Crippen LogP contribution is 2.52. The van der Waals surface area contributed by atoms with E-state index >= 15 is 0 Å². The van der Waals surface area contributed by atoms with E-state index in [1.165, 1.54) is 6.21 Å². The number of allylic oxidation sites excluding steroid dienone is 2. The van der Waals surface area contributed by atoms with Crippen molar-refractivity contribution in [3.63, 3.8) is 0 Å². The second kappa shape index (κ2) is 7.38. The molecule has 2 heterocycles. The highest BCUT2D eigenvalue weighted by Gasteiger charge is 2.59. The van der Waals surface area contributed by atoms with Crippen LogP contribution in [0.2, 0.25) is 5.02 Å². The summed E-state index contributed by atoms with van der Waals surface area (Å²) in [5.41, 5.74) is 1.49. The van der Waals surface area contributed by atoms with Gasteiger partial charge in [-0.05, 0) is 54.2 Å². The Hall–Kier alpha value is -3.32. The monoisotopic (exact) mass is 450 g/mol. The summed E-state index contributed by atoms with van der Waals surface area (Å²) in [6.07, 6.45) is 6.47. The van der Waals surface area contributed by atoms with Crippen LogP contribution in [0, 0.1) is 23.7 Å². The van der Waals surface area contributed by atoms with Gasteiger partial charge in [-0.3, -0.25) is 9.59 Å². The Bertz CT molecular complexity index is 1160. The number of hydrogen-bond donors (Lipinski definition) is 0. The predicted octanol–water partition coefficient (Wildman–Crippen LogP) is 3.79. The third-order valence-electron chi connectivity index (χ3n) is 6.56. The third kappa shape index (κ3) is 3.07. The van der Waals surface area contributed by atoms with Gasteiger partial charge < -0.3 is 14.2 Å². The van der Waals surface area contributed by atoms with Crippen LogP contribution in [-0.4, -0.2) is 29.8 Å². The molecule has 4 unspecified atom stereocenters. The molecule has 162 valence electrons. The van der Waals surface area contributed by atoms with Crippen molar-refractivity contribution >= 4 is 29.6 Å². The summed E-state index contributed by atoms with van der Waals surface area (Å²) in [6, 6.07) is 10.8. The maximum atomic E-state index is 12.8. The molecule has 2 fully saturated rings. The first-order valence-electron chi connectivity index (χ1n) is 10.5. The van der Waals surface area contributed by atoms with Crippen LogP contribution in [0.5, 0.6) is 17.2 Å². The van der Waals surface area contributed by atoms with Gasteiger partial charge in [-0.25, -0.2) is 0 Å². The van der Waals surface area contributed by atoms with E-state index in [1.54, 1.807) is 18.2 Å². The molecule has 4 aliphatic rings. The van der Waals surface area contributed by atoms with Crippen molar-refractivity contribution in [3.8, 4) is 17.2 Å². The fourth-order valence-electron chi connectivity index (χ4n) is 5.06. The van der Waals surface area contributed by atoms with Gasteiger partial charge in [-0.2, -0.15) is 10.1 Å². The number of halogens is 1. The lowest BCUT2D eigenvalue weighted by molar-refractivity contribution is -0.140. The first kappa shape index (κ1) is 19.4. The largest absolute Gasteiger partial charge is 0.488 e. The number of nitrogens with zero attached hydrogens (tertiary/aromatic N) is 2. The Morgan fingerprint density at radius 1 is 1.03 bits per heavy atom. The summed E-state index contributed by atoms with van der Waals surface area (Å²) in [6.45, 7) is 0.504. The molecule has 8 heteroatoms. The van der Waals surface area contributed by atoms with Gasteiger partial charge in [0.15, 0.2) is 11.5 Å². The number of benzene rings is 2. The summed E-state index contributed by atoms with van der Waals surface area (Å²) in [5.74, 6) is 1.21. The standard InChI is InChI=1S/C24H19ClN2O5/c25-17-4-6-18(30-11-13-1-5-19-20(7-13)32-12-31-19)16(9-17)10-26-27-23(28)21-14-2-3-15(8-14)22(21)24(27)29/h1-7,9-10,14-15,21-22H,8,11-12H2. The SMILES string of the molecule is O=C1C2C3C=CC(C3)C2C(=O)N1N=Cc1cc(Cl)ccc1OCc1ccc2c(c1)OCO2. The molecule has 4 atom stereocenters. The predicted molar refractivity (Wildman–Crippen MR) is 116 cm³/mol. The molecule has 1 saturated carbocycles. The Morgan fingerprint density at radius 3 is 2.56 bits per heavy atom. The summed E-state index contributed by atoms with van der Waals surface area (Å²) in [4.78, 5) is 25.7. The summed E-state index contributed by atoms with van der Waals surface area (Å²) < 4.78 is 16.7. The van der Waals surface area contributed by atoms with Gasteiger partial charge in [0.1, 0.15) is 12.4 Å². The van der Waals surface area contributed by atoms with Gasteiger partial charge in [-0.1, -0.05) is 29.8 Å². The molecule has 6 rings (SSSR count). The average Bonchev–Trinajstić information content (AvgIpc) is 3.56. The highest BCUT2D eigenvalue weighted by atomic mass is 35.5. The Kier molecular flexibility index (Phi) is 4.47. The number of carbonyl (C=O) groups is 2. The van der Waals surface area contributed by atoms with E-state index in [2.05, 4.69) is 17.3 Å². The number of imide groups is 1. The van der Waals surface area contributed by atoms with E-state index in [9.17, 15) is 9.59 Å². The van der Waals surface area contributed by atoms with Gasteiger partial charge >= 0.3 is 0 Å². The Balaban J connectivity index is 1.21. The number of hydrogen-bond acceptors (Lipinski definition) is 6. The molecule has 1 saturated heterocycles. The molecule has 2 bridgehead atoms. The number of hydrazone groups is 1. The summed E-state index contributed by atoms with van der Waals surface area (Å²) in [7, 11) is 0. The van der Waals surface area contributed by atoms with E-state index in [0.717, 1.165) is 17.0 Å². The molecule has 32 heavy (non-hydrogen) atoms. The van der Waals surface area contributed by atoms with Gasteiger partial charge in [0.25, 0.3) is 11.8 Å².